The van der Waals surface area contributed by atoms with Crippen LogP contribution in [0.1, 0.15) is 27.2 Å². The molecule has 1 aliphatic rings. The number of aryl methyl sites for hydroxylation is 2. The van der Waals surface area contributed by atoms with E-state index in [0.29, 0.717) is 34.5 Å². The molecule has 4 rings (SSSR count). The van der Waals surface area contributed by atoms with E-state index in [0.717, 1.165) is 12.4 Å². The quantitative estimate of drug-likeness (QED) is 0.715. The first-order chi connectivity index (χ1) is 12.6. The van der Waals surface area contributed by atoms with Crippen molar-refractivity contribution in [1.29, 1.82) is 0 Å². The lowest BCUT2D eigenvalue weighted by Crippen LogP contribution is -2.49. The number of carbonyl (C=O) groups is 1. The molecule has 0 bridgehead atoms. The van der Waals surface area contributed by atoms with Gasteiger partial charge in [-0.1, -0.05) is 0 Å². The van der Waals surface area contributed by atoms with Crippen LogP contribution in [0.25, 0.3) is 10.8 Å². The van der Waals surface area contributed by atoms with E-state index in [2.05, 4.69) is 25.3 Å². The number of hydrogen-bond donors (Lipinski definition) is 1. The number of piperazine rings is 1. The first-order valence-electron chi connectivity index (χ1n) is 8.39. The van der Waals surface area contributed by atoms with Crippen LogP contribution in [0.2, 0.25) is 0 Å². The average molecular weight is 406 g/mol. The van der Waals surface area contributed by atoms with Crippen molar-refractivity contribution in [2.24, 2.45) is 7.05 Å². The van der Waals surface area contributed by atoms with E-state index in [9.17, 15) is 4.79 Å². The number of nitrogens with one attached hydrogen (secondary N) is 1. The minimum atomic E-state index is -0.103. The smallest absolute Gasteiger partial charge is 0.266 e. The van der Waals surface area contributed by atoms with Crippen molar-refractivity contribution >= 4 is 29.7 Å². The minimum absolute atomic E-state index is 0. The van der Waals surface area contributed by atoms with Crippen LogP contribution in [0.15, 0.2) is 30.9 Å². The number of carbonyl (C=O) groups excluding carboxylic acids is 1. The SMILES string of the molecule is Cc1nc(-c2ncccn2)sc1C(=O)N1CCNCC1c1nccn1C.Cl. The van der Waals surface area contributed by atoms with Crippen molar-refractivity contribution in [2.45, 2.75) is 13.0 Å². The Morgan fingerprint density at radius 3 is 2.74 bits per heavy atom. The van der Waals surface area contributed by atoms with Crippen LogP contribution in [0, 0.1) is 6.92 Å². The van der Waals surface area contributed by atoms with Gasteiger partial charge in [-0.05, 0) is 13.0 Å². The number of hydrogen-bond acceptors (Lipinski definition) is 7. The molecule has 0 aliphatic carbocycles. The maximum Gasteiger partial charge on any atom is 0.266 e. The van der Waals surface area contributed by atoms with Crippen LogP contribution in [0.3, 0.4) is 0 Å². The van der Waals surface area contributed by atoms with Crippen LogP contribution < -0.4 is 5.32 Å². The number of aromatic nitrogens is 5. The third-order valence-corrected chi connectivity index (χ3v) is 5.55. The van der Waals surface area contributed by atoms with Gasteiger partial charge in [0.1, 0.15) is 16.7 Å². The Kier molecular flexibility index (Phi) is 5.83. The fourth-order valence-corrected chi connectivity index (χ4v) is 4.08. The monoisotopic (exact) mass is 405 g/mol. The molecule has 1 N–H and O–H groups in total. The summed E-state index contributed by atoms with van der Waals surface area (Å²) >= 11 is 1.34. The van der Waals surface area contributed by atoms with Crippen LogP contribution in [-0.4, -0.2) is 54.9 Å². The first-order valence-corrected chi connectivity index (χ1v) is 9.20. The predicted octanol–water partition coefficient (Wildman–Crippen LogP) is 1.85. The molecule has 8 nitrogen and oxygen atoms in total. The Morgan fingerprint density at radius 2 is 2.04 bits per heavy atom. The molecule has 1 amide bonds. The molecule has 0 spiro atoms. The zero-order chi connectivity index (χ0) is 18.1. The molecular weight excluding hydrogens is 386 g/mol. The highest BCUT2D eigenvalue weighted by atomic mass is 35.5. The first kappa shape index (κ1) is 19.4. The van der Waals surface area contributed by atoms with Crippen LogP contribution in [-0.2, 0) is 7.05 Å². The van der Waals surface area contributed by atoms with Gasteiger partial charge in [-0.2, -0.15) is 0 Å². The lowest BCUT2D eigenvalue weighted by molar-refractivity contribution is 0.0625. The molecule has 10 heteroatoms. The summed E-state index contributed by atoms with van der Waals surface area (Å²) in [5.41, 5.74) is 0.708. The molecule has 1 saturated heterocycles. The summed E-state index contributed by atoms with van der Waals surface area (Å²) in [6.45, 7) is 3.93. The largest absolute Gasteiger partial charge is 0.336 e. The number of halogens is 1. The Bertz CT molecular complexity index is 927. The summed E-state index contributed by atoms with van der Waals surface area (Å²) in [4.78, 5) is 33.2. The molecule has 1 aliphatic heterocycles. The van der Waals surface area contributed by atoms with Crippen molar-refractivity contribution in [3.63, 3.8) is 0 Å². The van der Waals surface area contributed by atoms with Gasteiger partial charge in [0.15, 0.2) is 10.8 Å². The van der Waals surface area contributed by atoms with Gasteiger partial charge in [0.2, 0.25) is 0 Å². The lowest BCUT2D eigenvalue weighted by atomic mass is 10.1. The summed E-state index contributed by atoms with van der Waals surface area (Å²) in [5.74, 6) is 1.40. The second-order valence-electron chi connectivity index (χ2n) is 6.12. The third kappa shape index (κ3) is 3.71. The van der Waals surface area contributed by atoms with Crippen LogP contribution in [0.5, 0.6) is 0 Å². The van der Waals surface area contributed by atoms with E-state index in [1.165, 1.54) is 11.3 Å². The zero-order valence-corrected chi connectivity index (χ0v) is 16.6. The zero-order valence-electron chi connectivity index (χ0n) is 15.0. The summed E-state index contributed by atoms with van der Waals surface area (Å²) in [6.07, 6.45) is 7.01. The summed E-state index contributed by atoms with van der Waals surface area (Å²) in [6, 6.07) is 1.66. The molecule has 27 heavy (non-hydrogen) atoms. The van der Waals surface area contributed by atoms with E-state index >= 15 is 0 Å². The summed E-state index contributed by atoms with van der Waals surface area (Å²) in [5, 5.41) is 4.02. The Morgan fingerprint density at radius 1 is 1.26 bits per heavy atom. The van der Waals surface area contributed by atoms with Crippen LogP contribution >= 0.6 is 23.7 Å². The van der Waals surface area contributed by atoms with Gasteiger partial charge in [-0.3, -0.25) is 4.79 Å². The van der Waals surface area contributed by atoms with Gasteiger partial charge in [-0.15, -0.1) is 23.7 Å². The van der Waals surface area contributed by atoms with Crippen LogP contribution in [0.4, 0.5) is 0 Å². The van der Waals surface area contributed by atoms with Crippen molar-refractivity contribution in [1.82, 2.24) is 34.7 Å². The molecular formula is C17H20ClN7OS. The fraction of sp³-hybridized carbons (Fsp3) is 0.353. The molecule has 1 atom stereocenters. The number of nitrogens with zero attached hydrogens (tertiary/aromatic N) is 6. The Labute approximate surface area is 167 Å². The third-order valence-electron chi connectivity index (χ3n) is 4.41. The fourth-order valence-electron chi connectivity index (χ4n) is 3.11. The molecule has 1 fully saturated rings. The van der Waals surface area contributed by atoms with Crippen molar-refractivity contribution in [3.8, 4) is 10.8 Å². The van der Waals surface area contributed by atoms with Crippen molar-refractivity contribution in [3.05, 3.63) is 47.2 Å². The molecule has 0 radical (unpaired) electrons. The average Bonchev–Trinajstić information content (AvgIpc) is 3.27. The van der Waals surface area contributed by atoms with E-state index < -0.39 is 0 Å². The van der Waals surface area contributed by atoms with Gasteiger partial charge in [0.25, 0.3) is 5.91 Å². The lowest BCUT2D eigenvalue weighted by Gasteiger charge is -2.35. The summed E-state index contributed by atoms with van der Waals surface area (Å²) in [7, 11) is 1.95. The van der Waals surface area contributed by atoms with E-state index in [4.69, 9.17) is 0 Å². The number of imidazole rings is 1. The highest BCUT2D eigenvalue weighted by molar-refractivity contribution is 7.17. The molecule has 142 valence electrons. The molecule has 3 aromatic rings. The molecule has 0 aromatic carbocycles. The molecule has 4 heterocycles. The minimum Gasteiger partial charge on any atom is -0.336 e. The molecule has 0 saturated carbocycles. The Balaban J connectivity index is 0.00000210. The van der Waals surface area contributed by atoms with Crippen molar-refractivity contribution < 1.29 is 4.79 Å². The maximum absolute atomic E-state index is 13.3. The van der Waals surface area contributed by atoms with Crippen molar-refractivity contribution in [2.75, 3.05) is 19.6 Å². The van der Waals surface area contributed by atoms with Gasteiger partial charge >= 0.3 is 0 Å². The highest BCUT2D eigenvalue weighted by Crippen LogP contribution is 2.29. The second-order valence-corrected chi connectivity index (χ2v) is 7.12. The van der Waals surface area contributed by atoms with E-state index in [1.807, 2.05) is 29.6 Å². The summed E-state index contributed by atoms with van der Waals surface area (Å²) < 4.78 is 1.96. The predicted molar refractivity (Wildman–Crippen MR) is 105 cm³/mol. The maximum atomic E-state index is 13.3. The Hall–Kier alpha value is -2.36. The van der Waals surface area contributed by atoms with Gasteiger partial charge < -0.3 is 14.8 Å². The topological polar surface area (TPSA) is 88.8 Å². The van der Waals surface area contributed by atoms with Gasteiger partial charge in [-0.25, -0.2) is 19.9 Å². The standard InChI is InChI=1S/C17H19N7OS.ClH/c1-11-13(26-16(22-11)14-19-4-3-5-20-14)17(25)24-9-6-18-10-12(24)15-21-7-8-23(15)2;/h3-5,7-8,12,18H,6,9-10H2,1-2H3;1H. The highest BCUT2D eigenvalue weighted by Gasteiger charge is 2.33. The normalized spacial score (nSPS) is 16.8. The number of amides is 1. The number of thiazole rings is 1. The molecule has 3 aromatic heterocycles. The van der Waals surface area contributed by atoms with Gasteiger partial charge in [0, 0.05) is 51.5 Å². The van der Waals surface area contributed by atoms with E-state index in [1.54, 1.807) is 24.7 Å². The number of rotatable bonds is 3. The van der Waals surface area contributed by atoms with Gasteiger partial charge in [0.05, 0.1) is 5.69 Å². The van der Waals surface area contributed by atoms with E-state index in [-0.39, 0.29) is 24.4 Å². The molecule has 1 unspecified atom stereocenters. The second kappa shape index (κ2) is 8.12.